The summed E-state index contributed by atoms with van der Waals surface area (Å²) in [5.74, 6) is -0.0282. The van der Waals surface area contributed by atoms with E-state index in [0.717, 1.165) is 30.8 Å². The highest BCUT2D eigenvalue weighted by molar-refractivity contribution is 6.30. The summed E-state index contributed by atoms with van der Waals surface area (Å²) >= 11 is 6.12. The molecule has 0 spiro atoms. The summed E-state index contributed by atoms with van der Waals surface area (Å²) in [7, 11) is 0. The minimum absolute atomic E-state index is 0.0282. The van der Waals surface area contributed by atoms with Crippen LogP contribution in [0.2, 0.25) is 5.02 Å². The van der Waals surface area contributed by atoms with Crippen molar-refractivity contribution >= 4 is 29.1 Å². The number of hydrogen-bond acceptors (Lipinski definition) is 4. The zero-order chi connectivity index (χ0) is 25.5. The Morgan fingerprint density at radius 1 is 0.972 bits per heavy atom. The van der Waals surface area contributed by atoms with Gasteiger partial charge in [0.2, 0.25) is 0 Å². The van der Waals surface area contributed by atoms with Gasteiger partial charge in [0.05, 0.1) is 12.7 Å². The molecule has 1 unspecified atom stereocenters. The smallest absolute Gasteiger partial charge is 0.321 e. The number of hydrogen-bond donors (Lipinski definition) is 1. The topological polar surface area (TPSA) is 61.9 Å². The van der Waals surface area contributed by atoms with Crippen LogP contribution in [0, 0.1) is 6.92 Å². The molecule has 188 valence electrons. The number of ether oxygens (including phenoxy) is 1. The molecular weight excluding hydrogens is 474 g/mol. The van der Waals surface area contributed by atoms with Gasteiger partial charge in [-0.1, -0.05) is 65.7 Å². The molecule has 1 aliphatic heterocycles. The average Bonchev–Trinajstić information content (AvgIpc) is 2.87. The monoisotopic (exact) mass is 505 g/mol. The van der Waals surface area contributed by atoms with Crippen molar-refractivity contribution < 1.29 is 14.3 Å². The van der Waals surface area contributed by atoms with Gasteiger partial charge in [-0.3, -0.25) is 9.69 Å². The zero-order valence-electron chi connectivity index (χ0n) is 20.7. The molecule has 1 aliphatic rings. The van der Waals surface area contributed by atoms with Crippen LogP contribution in [-0.2, 0) is 11.3 Å². The number of rotatable bonds is 8. The molecule has 3 aromatic carbocycles. The third-order valence-electron chi connectivity index (χ3n) is 6.38. The second-order valence-electron chi connectivity index (χ2n) is 9.20. The molecule has 3 aromatic rings. The fraction of sp³-hybridized carbons (Fsp3) is 0.310. The SMILES string of the molecule is CC(=O)c1cccc(NC(=O)N2CCN(CC(OCc3cccc(C)c3)c3ccc(Cl)cc3)CC2)c1. The molecule has 0 bridgehead atoms. The first kappa shape index (κ1) is 25.9. The number of nitrogens with zero attached hydrogens (tertiary/aromatic N) is 2. The number of ketones is 1. The van der Waals surface area contributed by atoms with Crippen LogP contribution in [0.3, 0.4) is 0 Å². The highest BCUT2D eigenvalue weighted by Gasteiger charge is 2.24. The molecule has 1 atom stereocenters. The molecule has 36 heavy (non-hydrogen) atoms. The number of carbonyl (C=O) groups is 2. The maximum atomic E-state index is 12.8. The van der Waals surface area contributed by atoms with Crippen molar-refractivity contribution in [1.82, 2.24) is 9.80 Å². The average molecular weight is 506 g/mol. The van der Waals surface area contributed by atoms with E-state index >= 15 is 0 Å². The molecule has 6 nitrogen and oxygen atoms in total. The number of nitrogens with one attached hydrogen (secondary N) is 1. The van der Waals surface area contributed by atoms with E-state index in [1.54, 1.807) is 24.3 Å². The zero-order valence-corrected chi connectivity index (χ0v) is 21.5. The van der Waals surface area contributed by atoms with Crippen molar-refractivity contribution in [3.8, 4) is 0 Å². The molecule has 0 aromatic heterocycles. The number of Topliss-reactive ketones (excluding diaryl/α,β-unsaturated/α-hetero) is 1. The summed E-state index contributed by atoms with van der Waals surface area (Å²) in [4.78, 5) is 28.6. The first-order chi connectivity index (χ1) is 17.4. The van der Waals surface area contributed by atoms with Gasteiger partial charge in [0.15, 0.2) is 5.78 Å². The molecule has 0 saturated carbocycles. The fourth-order valence-corrected chi connectivity index (χ4v) is 4.44. The Morgan fingerprint density at radius 2 is 1.69 bits per heavy atom. The van der Waals surface area contributed by atoms with Gasteiger partial charge in [-0.2, -0.15) is 0 Å². The third-order valence-corrected chi connectivity index (χ3v) is 6.63. The standard InChI is InChI=1S/C29H32ClN3O3/c1-21-5-3-6-23(17-21)20-36-28(24-9-11-26(30)12-10-24)19-32-13-15-33(16-14-32)29(35)31-27-8-4-7-25(18-27)22(2)34/h3-12,17-18,28H,13-16,19-20H2,1-2H3,(H,31,35). The molecule has 1 N–H and O–H groups in total. The summed E-state index contributed by atoms with van der Waals surface area (Å²) in [6.07, 6.45) is -0.113. The van der Waals surface area contributed by atoms with Crippen LogP contribution < -0.4 is 5.32 Å². The quantitative estimate of drug-likeness (QED) is 0.384. The Labute approximate surface area is 217 Å². The van der Waals surface area contributed by atoms with Crippen LogP contribution in [0.15, 0.2) is 72.8 Å². The Kier molecular flexibility index (Phi) is 8.75. The molecule has 1 heterocycles. The maximum absolute atomic E-state index is 12.8. The van der Waals surface area contributed by atoms with E-state index in [4.69, 9.17) is 16.3 Å². The number of benzene rings is 3. The van der Waals surface area contributed by atoms with Crippen molar-refractivity contribution in [2.24, 2.45) is 0 Å². The van der Waals surface area contributed by atoms with Crippen LogP contribution >= 0.6 is 11.6 Å². The minimum atomic E-state index is -0.152. The van der Waals surface area contributed by atoms with Crippen molar-refractivity contribution in [2.45, 2.75) is 26.6 Å². The van der Waals surface area contributed by atoms with Gasteiger partial charge in [0, 0.05) is 49.0 Å². The van der Waals surface area contributed by atoms with Gasteiger partial charge in [-0.25, -0.2) is 4.79 Å². The molecule has 0 aliphatic carbocycles. The third kappa shape index (κ3) is 7.17. The second-order valence-corrected chi connectivity index (χ2v) is 9.63. The normalized spacial score (nSPS) is 14.9. The number of piperazine rings is 1. The highest BCUT2D eigenvalue weighted by atomic mass is 35.5. The summed E-state index contributed by atoms with van der Waals surface area (Å²) < 4.78 is 6.39. The number of halogens is 1. The molecule has 0 radical (unpaired) electrons. The van der Waals surface area contributed by atoms with E-state index in [0.29, 0.717) is 36.0 Å². The number of urea groups is 1. The van der Waals surface area contributed by atoms with Gasteiger partial charge in [-0.05, 0) is 49.2 Å². The van der Waals surface area contributed by atoms with Crippen molar-refractivity contribution in [1.29, 1.82) is 0 Å². The maximum Gasteiger partial charge on any atom is 0.321 e. The first-order valence-corrected chi connectivity index (χ1v) is 12.6. The van der Waals surface area contributed by atoms with E-state index in [-0.39, 0.29) is 17.9 Å². The largest absolute Gasteiger partial charge is 0.368 e. The lowest BCUT2D eigenvalue weighted by molar-refractivity contribution is 0.00592. The summed E-state index contributed by atoms with van der Waals surface area (Å²) in [6, 6.07) is 23.0. The lowest BCUT2D eigenvalue weighted by Gasteiger charge is -2.36. The Morgan fingerprint density at radius 3 is 2.39 bits per heavy atom. The predicted octanol–water partition coefficient (Wildman–Crippen LogP) is 5.96. The molecule has 4 rings (SSSR count). The van der Waals surface area contributed by atoms with Gasteiger partial charge in [-0.15, -0.1) is 0 Å². The van der Waals surface area contributed by atoms with E-state index in [1.165, 1.54) is 12.5 Å². The Bertz CT molecular complexity index is 1190. The van der Waals surface area contributed by atoms with Crippen LogP contribution in [0.1, 0.15) is 40.1 Å². The highest BCUT2D eigenvalue weighted by Crippen LogP contribution is 2.24. The molecular formula is C29H32ClN3O3. The van der Waals surface area contributed by atoms with Crippen molar-refractivity contribution in [2.75, 3.05) is 38.0 Å². The van der Waals surface area contributed by atoms with Crippen LogP contribution in [-0.4, -0.2) is 54.3 Å². The second kappa shape index (κ2) is 12.2. The minimum Gasteiger partial charge on any atom is -0.368 e. The number of anilines is 1. The van der Waals surface area contributed by atoms with Gasteiger partial charge < -0.3 is 15.0 Å². The van der Waals surface area contributed by atoms with Crippen LogP contribution in [0.5, 0.6) is 0 Å². The van der Waals surface area contributed by atoms with E-state index < -0.39 is 0 Å². The van der Waals surface area contributed by atoms with Gasteiger partial charge in [0.1, 0.15) is 0 Å². The lowest BCUT2D eigenvalue weighted by Crippen LogP contribution is -2.50. The fourth-order valence-electron chi connectivity index (χ4n) is 4.32. The van der Waals surface area contributed by atoms with Crippen LogP contribution in [0.25, 0.3) is 0 Å². The number of aryl methyl sites for hydroxylation is 1. The van der Waals surface area contributed by atoms with E-state index in [9.17, 15) is 9.59 Å². The first-order valence-electron chi connectivity index (χ1n) is 12.2. The van der Waals surface area contributed by atoms with E-state index in [1.807, 2.05) is 35.2 Å². The number of carbonyl (C=O) groups excluding carboxylic acids is 2. The Balaban J connectivity index is 1.34. The van der Waals surface area contributed by atoms with Crippen molar-refractivity contribution in [3.63, 3.8) is 0 Å². The predicted molar refractivity (Wildman–Crippen MR) is 144 cm³/mol. The Hall–Kier alpha value is -3.19. The summed E-state index contributed by atoms with van der Waals surface area (Å²) in [5, 5.41) is 3.61. The molecule has 7 heteroatoms. The lowest BCUT2D eigenvalue weighted by atomic mass is 10.1. The summed E-state index contributed by atoms with van der Waals surface area (Å²) in [6.45, 7) is 7.57. The number of amides is 2. The van der Waals surface area contributed by atoms with E-state index in [2.05, 4.69) is 35.3 Å². The molecule has 2 amide bonds. The van der Waals surface area contributed by atoms with Gasteiger partial charge in [0.25, 0.3) is 0 Å². The molecule has 1 saturated heterocycles. The molecule has 1 fully saturated rings. The van der Waals surface area contributed by atoms with Crippen LogP contribution in [0.4, 0.5) is 10.5 Å². The van der Waals surface area contributed by atoms with Gasteiger partial charge >= 0.3 is 6.03 Å². The summed E-state index contributed by atoms with van der Waals surface area (Å²) in [5.41, 5.74) is 4.64. The van der Waals surface area contributed by atoms with Crippen molar-refractivity contribution in [3.05, 3.63) is 100 Å².